The highest BCUT2D eigenvalue weighted by atomic mass is 35.5. The van der Waals surface area contributed by atoms with Gasteiger partial charge in [-0.2, -0.15) is 0 Å². The Morgan fingerprint density at radius 2 is 2.10 bits per heavy atom. The van der Waals surface area contributed by atoms with E-state index in [4.69, 9.17) is 11.6 Å². The van der Waals surface area contributed by atoms with Gasteiger partial charge < -0.3 is 10.2 Å². The molecule has 0 bridgehead atoms. The average molecular weight is 315 g/mol. The van der Waals surface area contributed by atoms with Crippen molar-refractivity contribution >= 4 is 34.8 Å². The molecule has 1 aliphatic heterocycles. The molecule has 1 N–H and O–H groups in total. The highest BCUT2D eigenvalue weighted by Crippen LogP contribution is 2.23. The van der Waals surface area contributed by atoms with Gasteiger partial charge in [0.05, 0.1) is 4.34 Å². The Balaban J connectivity index is 2.11. The first-order valence-electron chi connectivity index (χ1n) is 6.75. The Hall–Kier alpha value is -1.07. The smallest absolute Gasteiger partial charge is 0.245 e. The molecule has 0 spiro atoms. The van der Waals surface area contributed by atoms with Crippen LogP contribution in [0.5, 0.6) is 0 Å². The second-order valence-corrected chi connectivity index (χ2v) is 7.21. The van der Waals surface area contributed by atoms with E-state index in [2.05, 4.69) is 5.32 Å². The lowest BCUT2D eigenvalue weighted by molar-refractivity contribution is -0.150. The molecule has 20 heavy (non-hydrogen) atoms. The summed E-state index contributed by atoms with van der Waals surface area (Å²) < 4.78 is 0.747. The number of nitrogens with zero attached hydrogens (tertiary/aromatic N) is 1. The molecule has 2 unspecified atom stereocenters. The molecule has 2 heterocycles. The van der Waals surface area contributed by atoms with Gasteiger partial charge in [-0.15, -0.1) is 11.3 Å². The van der Waals surface area contributed by atoms with Crippen molar-refractivity contribution in [2.24, 2.45) is 5.92 Å². The predicted molar refractivity (Wildman–Crippen MR) is 81.0 cm³/mol. The van der Waals surface area contributed by atoms with E-state index in [0.29, 0.717) is 6.54 Å². The van der Waals surface area contributed by atoms with Crippen molar-refractivity contribution in [1.29, 1.82) is 0 Å². The first-order chi connectivity index (χ1) is 9.40. The Morgan fingerprint density at radius 3 is 2.65 bits per heavy atom. The van der Waals surface area contributed by atoms with Crippen LogP contribution in [-0.4, -0.2) is 35.3 Å². The van der Waals surface area contributed by atoms with E-state index in [-0.39, 0.29) is 23.8 Å². The third-order valence-electron chi connectivity index (χ3n) is 3.48. The molecule has 0 aromatic carbocycles. The first kappa shape index (κ1) is 15.3. The molecule has 4 nitrogen and oxygen atoms in total. The maximum Gasteiger partial charge on any atom is 0.245 e. The lowest BCUT2D eigenvalue weighted by Gasteiger charge is -2.39. The normalized spacial score (nSPS) is 23.4. The van der Waals surface area contributed by atoms with Crippen molar-refractivity contribution < 1.29 is 9.59 Å². The summed E-state index contributed by atoms with van der Waals surface area (Å²) in [6, 6.07) is 3.00. The molecule has 2 amide bonds. The number of hydrogen-bond acceptors (Lipinski definition) is 3. The van der Waals surface area contributed by atoms with Gasteiger partial charge >= 0.3 is 0 Å². The lowest BCUT2D eigenvalue weighted by atomic mass is 9.97. The number of hydrogen-bond donors (Lipinski definition) is 1. The number of thiophene rings is 1. The molecule has 1 aliphatic rings. The molecule has 1 aromatic heterocycles. The van der Waals surface area contributed by atoms with Crippen LogP contribution in [0.25, 0.3) is 0 Å². The van der Waals surface area contributed by atoms with Crippen molar-refractivity contribution in [3.05, 3.63) is 21.3 Å². The maximum atomic E-state index is 12.3. The zero-order chi connectivity index (χ0) is 14.9. The number of carbonyl (C=O) groups excluding carboxylic acids is 2. The fourth-order valence-electron chi connectivity index (χ4n) is 2.52. The summed E-state index contributed by atoms with van der Waals surface area (Å²) in [5.41, 5.74) is 0. The molecule has 1 aromatic rings. The van der Waals surface area contributed by atoms with Crippen LogP contribution in [0.3, 0.4) is 0 Å². The topological polar surface area (TPSA) is 49.4 Å². The van der Waals surface area contributed by atoms with E-state index in [9.17, 15) is 9.59 Å². The Kier molecular flexibility index (Phi) is 4.70. The van der Waals surface area contributed by atoms with Crippen LogP contribution in [0.1, 0.15) is 25.6 Å². The van der Waals surface area contributed by atoms with E-state index in [1.54, 1.807) is 11.8 Å². The van der Waals surface area contributed by atoms with E-state index < -0.39 is 6.04 Å². The van der Waals surface area contributed by atoms with Crippen molar-refractivity contribution in [2.45, 2.75) is 39.3 Å². The Labute approximate surface area is 128 Å². The monoisotopic (exact) mass is 314 g/mol. The quantitative estimate of drug-likeness (QED) is 0.927. The summed E-state index contributed by atoms with van der Waals surface area (Å²) in [5.74, 6) is 0.0284. The zero-order valence-electron chi connectivity index (χ0n) is 11.9. The predicted octanol–water partition coefficient (Wildman–Crippen LogP) is 2.32. The number of nitrogens with one attached hydrogen (secondary N) is 1. The van der Waals surface area contributed by atoms with Crippen molar-refractivity contribution in [3.63, 3.8) is 0 Å². The SMILES string of the molecule is CC1NC(=O)C(C(C)C)N(CCc2ccc(Cl)s2)C1=O. The van der Waals surface area contributed by atoms with Crippen LogP contribution in [0.2, 0.25) is 4.34 Å². The number of piperazine rings is 1. The van der Waals surface area contributed by atoms with Crippen molar-refractivity contribution in [2.75, 3.05) is 6.54 Å². The summed E-state index contributed by atoms with van der Waals surface area (Å²) in [6.07, 6.45) is 0.729. The van der Waals surface area contributed by atoms with Crippen LogP contribution in [0.4, 0.5) is 0 Å². The summed E-state index contributed by atoms with van der Waals surface area (Å²) in [6.45, 7) is 6.20. The van der Waals surface area contributed by atoms with Gasteiger partial charge in [0.2, 0.25) is 11.8 Å². The molecule has 2 rings (SSSR count). The third kappa shape index (κ3) is 3.15. The number of rotatable bonds is 4. The van der Waals surface area contributed by atoms with Crippen LogP contribution in [0, 0.1) is 5.92 Å². The van der Waals surface area contributed by atoms with Crippen LogP contribution in [0.15, 0.2) is 12.1 Å². The highest BCUT2D eigenvalue weighted by molar-refractivity contribution is 7.16. The number of carbonyl (C=O) groups is 2. The number of halogens is 1. The maximum absolute atomic E-state index is 12.3. The minimum Gasteiger partial charge on any atom is -0.343 e. The molecule has 2 atom stereocenters. The fraction of sp³-hybridized carbons (Fsp3) is 0.571. The highest BCUT2D eigenvalue weighted by Gasteiger charge is 2.39. The van der Waals surface area contributed by atoms with E-state index in [1.807, 2.05) is 26.0 Å². The van der Waals surface area contributed by atoms with E-state index in [0.717, 1.165) is 15.6 Å². The van der Waals surface area contributed by atoms with E-state index >= 15 is 0 Å². The van der Waals surface area contributed by atoms with Crippen LogP contribution in [-0.2, 0) is 16.0 Å². The second-order valence-electron chi connectivity index (χ2n) is 5.41. The first-order valence-corrected chi connectivity index (χ1v) is 7.94. The van der Waals surface area contributed by atoms with Crippen LogP contribution >= 0.6 is 22.9 Å². The second kappa shape index (κ2) is 6.14. The summed E-state index contributed by atoms with van der Waals surface area (Å²) >= 11 is 7.43. The van der Waals surface area contributed by atoms with Crippen molar-refractivity contribution in [3.8, 4) is 0 Å². The average Bonchev–Trinajstić information content (AvgIpc) is 2.77. The van der Waals surface area contributed by atoms with Gasteiger partial charge in [0.15, 0.2) is 0 Å². The summed E-state index contributed by atoms with van der Waals surface area (Å²) in [5, 5.41) is 2.74. The molecule has 0 aliphatic carbocycles. The minimum atomic E-state index is -0.440. The standard InChI is InChI=1S/C14H19ClN2O2S/c1-8(2)12-13(18)16-9(3)14(19)17(12)7-6-10-4-5-11(15)20-10/h4-5,8-9,12H,6-7H2,1-3H3,(H,16,18). The van der Waals surface area contributed by atoms with Gasteiger partial charge in [-0.1, -0.05) is 25.4 Å². The summed E-state index contributed by atoms with van der Waals surface area (Å²) in [7, 11) is 0. The zero-order valence-corrected chi connectivity index (χ0v) is 13.4. The third-order valence-corrected chi connectivity index (χ3v) is 4.77. The fourth-order valence-corrected chi connectivity index (χ4v) is 3.59. The molecular weight excluding hydrogens is 296 g/mol. The number of amides is 2. The van der Waals surface area contributed by atoms with Gasteiger partial charge in [-0.3, -0.25) is 9.59 Å². The minimum absolute atomic E-state index is 0.00838. The van der Waals surface area contributed by atoms with Gasteiger partial charge in [0.25, 0.3) is 0 Å². The molecule has 0 radical (unpaired) electrons. The van der Waals surface area contributed by atoms with Crippen molar-refractivity contribution in [1.82, 2.24) is 10.2 Å². The van der Waals surface area contributed by atoms with Gasteiger partial charge in [0.1, 0.15) is 12.1 Å². The Morgan fingerprint density at radius 1 is 1.40 bits per heavy atom. The van der Waals surface area contributed by atoms with Gasteiger partial charge in [0, 0.05) is 11.4 Å². The molecule has 1 saturated heterocycles. The molecular formula is C14H19ClN2O2S. The largest absolute Gasteiger partial charge is 0.343 e. The van der Waals surface area contributed by atoms with Gasteiger partial charge in [-0.05, 0) is 31.4 Å². The lowest BCUT2D eigenvalue weighted by Crippen LogP contribution is -2.64. The molecule has 110 valence electrons. The van der Waals surface area contributed by atoms with Crippen LogP contribution < -0.4 is 5.32 Å². The summed E-state index contributed by atoms with van der Waals surface area (Å²) in [4.78, 5) is 27.2. The molecule has 6 heteroatoms. The Bertz CT molecular complexity index is 515. The molecule has 1 fully saturated rings. The van der Waals surface area contributed by atoms with Gasteiger partial charge in [-0.25, -0.2) is 0 Å². The molecule has 0 saturated carbocycles. The van der Waals surface area contributed by atoms with E-state index in [1.165, 1.54) is 11.3 Å².